The van der Waals surface area contributed by atoms with E-state index in [9.17, 15) is 9.59 Å². The second kappa shape index (κ2) is 9.10. The van der Waals surface area contributed by atoms with Crippen LogP contribution < -0.4 is 16.0 Å². The molecule has 1 aromatic rings. The van der Waals surface area contributed by atoms with E-state index in [0.717, 1.165) is 12.0 Å². The zero-order valence-corrected chi connectivity index (χ0v) is 11.2. The lowest BCUT2D eigenvalue weighted by Crippen LogP contribution is -2.34. The molecule has 0 fully saturated rings. The minimum absolute atomic E-state index is 0.0235. The molecule has 0 aliphatic rings. The number of hydrogen-bond acceptors (Lipinski definition) is 3. The fourth-order valence-corrected chi connectivity index (χ4v) is 1.56. The van der Waals surface area contributed by atoms with Crippen LogP contribution in [0.15, 0.2) is 30.3 Å². The number of amides is 2. The van der Waals surface area contributed by atoms with E-state index in [1.807, 2.05) is 30.3 Å². The Hall–Kier alpha value is -1.88. The topological polar surface area (TPSA) is 70.2 Å². The fraction of sp³-hybridized carbons (Fsp3) is 0.429. The number of nitrogens with one attached hydrogen (secondary N) is 3. The first kappa shape index (κ1) is 15.2. The second-order valence-electron chi connectivity index (χ2n) is 4.22. The SMILES string of the molecule is CNC(=O)CCCNCC(=O)NCc1ccccc1. The predicted molar refractivity (Wildman–Crippen MR) is 74.5 cm³/mol. The maximum absolute atomic E-state index is 11.5. The highest BCUT2D eigenvalue weighted by molar-refractivity contribution is 5.78. The van der Waals surface area contributed by atoms with E-state index in [2.05, 4.69) is 16.0 Å². The van der Waals surface area contributed by atoms with Crippen LogP contribution in [0.25, 0.3) is 0 Å². The second-order valence-corrected chi connectivity index (χ2v) is 4.22. The Kier molecular flexibility index (Phi) is 7.27. The molecule has 104 valence electrons. The van der Waals surface area contributed by atoms with Crippen molar-refractivity contribution < 1.29 is 9.59 Å². The summed E-state index contributed by atoms with van der Waals surface area (Å²) < 4.78 is 0. The Bertz CT molecular complexity index is 393. The molecule has 5 heteroatoms. The summed E-state index contributed by atoms with van der Waals surface area (Å²) in [7, 11) is 1.62. The first-order valence-electron chi connectivity index (χ1n) is 6.44. The summed E-state index contributed by atoms with van der Waals surface area (Å²) in [6.45, 7) is 1.48. The van der Waals surface area contributed by atoms with Crippen molar-refractivity contribution in [1.82, 2.24) is 16.0 Å². The zero-order valence-electron chi connectivity index (χ0n) is 11.2. The molecule has 1 aromatic carbocycles. The van der Waals surface area contributed by atoms with Crippen LogP contribution >= 0.6 is 0 Å². The highest BCUT2D eigenvalue weighted by Crippen LogP contribution is 1.96. The number of hydrogen-bond donors (Lipinski definition) is 3. The molecule has 5 nitrogen and oxygen atoms in total. The van der Waals surface area contributed by atoms with Crippen molar-refractivity contribution in [1.29, 1.82) is 0 Å². The molecule has 2 amide bonds. The molecule has 1 rings (SSSR count). The lowest BCUT2D eigenvalue weighted by atomic mass is 10.2. The van der Waals surface area contributed by atoms with E-state index in [1.165, 1.54) is 0 Å². The Morgan fingerprint density at radius 3 is 2.53 bits per heavy atom. The van der Waals surface area contributed by atoms with Crippen LogP contribution in [-0.4, -0.2) is 32.0 Å². The van der Waals surface area contributed by atoms with E-state index in [4.69, 9.17) is 0 Å². The van der Waals surface area contributed by atoms with Gasteiger partial charge in [0.15, 0.2) is 0 Å². The van der Waals surface area contributed by atoms with E-state index >= 15 is 0 Å². The quantitative estimate of drug-likeness (QED) is 0.595. The van der Waals surface area contributed by atoms with Crippen LogP contribution in [0.2, 0.25) is 0 Å². The van der Waals surface area contributed by atoms with Gasteiger partial charge in [-0.1, -0.05) is 30.3 Å². The molecule has 3 N–H and O–H groups in total. The Morgan fingerprint density at radius 2 is 1.84 bits per heavy atom. The largest absolute Gasteiger partial charge is 0.359 e. The predicted octanol–water partition coefficient (Wildman–Crippen LogP) is 0.419. The monoisotopic (exact) mass is 263 g/mol. The minimum atomic E-state index is -0.0382. The summed E-state index contributed by atoms with van der Waals surface area (Å²) in [4.78, 5) is 22.5. The van der Waals surface area contributed by atoms with Crippen LogP contribution in [0.1, 0.15) is 18.4 Å². The normalized spacial score (nSPS) is 9.95. The van der Waals surface area contributed by atoms with Gasteiger partial charge in [0.25, 0.3) is 0 Å². The smallest absolute Gasteiger partial charge is 0.234 e. The van der Waals surface area contributed by atoms with Crippen molar-refractivity contribution in [2.75, 3.05) is 20.1 Å². The first-order valence-corrected chi connectivity index (χ1v) is 6.44. The van der Waals surface area contributed by atoms with Crippen molar-refractivity contribution in [3.8, 4) is 0 Å². The van der Waals surface area contributed by atoms with E-state index < -0.39 is 0 Å². The summed E-state index contributed by atoms with van der Waals surface area (Å²) in [5.41, 5.74) is 1.08. The van der Waals surface area contributed by atoms with E-state index in [1.54, 1.807) is 7.05 Å². The van der Waals surface area contributed by atoms with Gasteiger partial charge in [0, 0.05) is 20.0 Å². The van der Waals surface area contributed by atoms with Gasteiger partial charge in [-0.3, -0.25) is 9.59 Å². The van der Waals surface area contributed by atoms with Gasteiger partial charge in [0.05, 0.1) is 6.54 Å². The summed E-state index contributed by atoms with van der Waals surface area (Å²) in [5.74, 6) is -0.0147. The van der Waals surface area contributed by atoms with Crippen molar-refractivity contribution in [3.63, 3.8) is 0 Å². The Balaban J connectivity index is 2.04. The van der Waals surface area contributed by atoms with Crippen LogP contribution in [0.4, 0.5) is 0 Å². The third-order valence-corrected chi connectivity index (χ3v) is 2.65. The van der Waals surface area contributed by atoms with Gasteiger partial charge in [-0.2, -0.15) is 0 Å². The van der Waals surface area contributed by atoms with Crippen LogP contribution in [0.5, 0.6) is 0 Å². The summed E-state index contributed by atoms with van der Waals surface area (Å²) in [6, 6.07) is 9.77. The Labute approximate surface area is 113 Å². The average molecular weight is 263 g/mol. The molecule has 0 heterocycles. The summed E-state index contributed by atoms with van der Waals surface area (Å²) >= 11 is 0. The number of carbonyl (C=O) groups is 2. The minimum Gasteiger partial charge on any atom is -0.359 e. The number of rotatable bonds is 8. The molecule has 0 saturated heterocycles. The van der Waals surface area contributed by atoms with E-state index in [0.29, 0.717) is 19.5 Å². The highest BCUT2D eigenvalue weighted by Gasteiger charge is 2.01. The van der Waals surface area contributed by atoms with Crippen molar-refractivity contribution >= 4 is 11.8 Å². The third kappa shape index (κ3) is 7.21. The highest BCUT2D eigenvalue weighted by atomic mass is 16.2. The molecule has 0 atom stereocenters. The van der Waals surface area contributed by atoms with Crippen molar-refractivity contribution in [2.45, 2.75) is 19.4 Å². The molecular weight excluding hydrogens is 242 g/mol. The van der Waals surface area contributed by atoms with Crippen molar-refractivity contribution in [3.05, 3.63) is 35.9 Å². The maximum Gasteiger partial charge on any atom is 0.234 e. The summed E-state index contributed by atoms with van der Waals surface area (Å²) in [6.07, 6.45) is 1.21. The van der Waals surface area contributed by atoms with Gasteiger partial charge in [0.1, 0.15) is 0 Å². The molecule has 0 saturated carbocycles. The number of benzene rings is 1. The van der Waals surface area contributed by atoms with Crippen LogP contribution in [0.3, 0.4) is 0 Å². The standard InChI is InChI=1S/C14H21N3O2/c1-15-13(18)8-5-9-16-11-14(19)17-10-12-6-3-2-4-7-12/h2-4,6-7,16H,5,8-11H2,1H3,(H,15,18)(H,17,19). The lowest BCUT2D eigenvalue weighted by Gasteiger charge is -2.06. The molecule has 0 bridgehead atoms. The zero-order chi connectivity index (χ0) is 13.9. The maximum atomic E-state index is 11.5. The van der Waals surface area contributed by atoms with Gasteiger partial charge in [-0.15, -0.1) is 0 Å². The molecule has 0 aliphatic heterocycles. The fourth-order valence-electron chi connectivity index (χ4n) is 1.56. The van der Waals surface area contributed by atoms with Gasteiger partial charge >= 0.3 is 0 Å². The van der Waals surface area contributed by atoms with Crippen LogP contribution in [-0.2, 0) is 16.1 Å². The van der Waals surface area contributed by atoms with Gasteiger partial charge in [-0.05, 0) is 18.5 Å². The number of carbonyl (C=O) groups excluding carboxylic acids is 2. The molecule has 0 unspecified atom stereocenters. The molecule has 0 aliphatic carbocycles. The van der Waals surface area contributed by atoms with Crippen LogP contribution in [0, 0.1) is 0 Å². The third-order valence-electron chi connectivity index (χ3n) is 2.65. The van der Waals surface area contributed by atoms with Gasteiger partial charge in [-0.25, -0.2) is 0 Å². The molecular formula is C14H21N3O2. The van der Waals surface area contributed by atoms with E-state index in [-0.39, 0.29) is 18.4 Å². The lowest BCUT2D eigenvalue weighted by molar-refractivity contribution is -0.120. The average Bonchev–Trinajstić information content (AvgIpc) is 2.45. The van der Waals surface area contributed by atoms with Gasteiger partial charge < -0.3 is 16.0 Å². The molecule has 0 spiro atoms. The Morgan fingerprint density at radius 1 is 1.11 bits per heavy atom. The molecule has 0 aromatic heterocycles. The first-order chi connectivity index (χ1) is 9.22. The molecule has 19 heavy (non-hydrogen) atoms. The van der Waals surface area contributed by atoms with Gasteiger partial charge in [0.2, 0.25) is 11.8 Å². The summed E-state index contributed by atoms with van der Waals surface area (Å²) in [5, 5.41) is 8.40. The molecule has 0 radical (unpaired) electrons. The van der Waals surface area contributed by atoms with Crippen molar-refractivity contribution in [2.24, 2.45) is 0 Å².